The molecule has 0 saturated heterocycles. The van der Waals surface area contributed by atoms with Gasteiger partial charge in [-0.1, -0.05) is 64.0 Å². The third-order valence-electron chi connectivity index (χ3n) is 4.24. The molecule has 0 aromatic heterocycles. The SMILES string of the molecule is Cc1ccc(C2=Nc3cc(Oc4cccc(Br)c4)ccc3NC(=S)C2)cc1. The van der Waals surface area contributed by atoms with Crippen molar-refractivity contribution < 1.29 is 4.74 Å². The Hall–Kier alpha value is -2.50. The number of hydrogen-bond donors (Lipinski definition) is 1. The highest BCUT2D eigenvalue weighted by atomic mass is 79.9. The van der Waals surface area contributed by atoms with Gasteiger partial charge >= 0.3 is 0 Å². The van der Waals surface area contributed by atoms with Crippen LogP contribution in [-0.4, -0.2) is 10.7 Å². The van der Waals surface area contributed by atoms with E-state index in [0.717, 1.165) is 43.6 Å². The summed E-state index contributed by atoms with van der Waals surface area (Å²) in [5.74, 6) is 1.50. The fraction of sp³-hybridized carbons (Fsp3) is 0.0909. The van der Waals surface area contributed by atoms with Crippen molar-refractivity contribution in [3.8, 4) is 11.5 Å². The molecule has 27 heavy (non-hydrogen) atoms. The summed E-state index contributed by atoms with van der Waals surface area (Å²) in [6.07, 6.45) is 0.606. The molecule has 0 radical (unpaired) electrons. The summed E-state index contributed by atoms with van der Waals surface area (Å²) in [5, 5.41) is 3.29. The van der Waals surface area contributed by atoms with Crippen LogP contribution in [-0.2, 0) is 0 Å². The molecule has 1 aliphatic rings. The zero-order valence-corrected chi connectivity index (χ0v) is 17.1. The molecule has 4 rings (SSSR count). The van der Waals surface area contributed by atoms with Crippen LogP contribution in [0.2, 0.25) is 0 Å². The summed E-state index contributed by atoms with van der Waals surface area (Å²) in [6, 6.07) is 21.9. The van der Waals surface area contributed by atoms with Crippen LogP contribution in [0.5, 0.6) is 11.5 Å². The number of ether oxygens (including phenoxy) is 1. The molecule has 1 heterocycles. The second-order valence-electron chi connectivity index (χ2n) is 6.39. The summed E-state index contributed by atoms with van der Waals surface area (Å²) in [4.78, 5) is 5.64. The minimum absolute atomic E-state index is 0.606. The molecule has 0 aliphatic carbocycles. The Kier molecular flexibility index (Phi) is 5.05. The standard InChI is InChI=1S/C22H17BrN2OS/c1-14-5-7-15(8-6-14)20-13-22(27)25-19-10-9-18(12-21(19)24-20)26-17-4-2-3-16(23)11-17/h2-12H,13H2,1H3,(H,25,27). The van der Waals surface area contributed by atoms with E-state index in [1.807, 2.05) is 42.5 Å². The maximum Gasteiger partial charge on any atom is 0.129 e. The Balaban J connectivity index is 1.71. The van der Waals surface area contributed by atoms with Gasteiger partial charge in [-0.3, -0.25) is 4.99 Å². The van der Waals surface area contributed by atoms with E-state index in [4.69, 9.17) is 21.9 Å². The predicted octanol–water partition coefficient (Wildman–Crippen LogP) is 6.81. The van der Waals surface area contributed by atoms with Gasteiger partial charge in [-0.15, -0.1) is 0 Å². The van der Waals surface area contributed by atoms with E-state index in [9.17, 15) is 0 Å². The van der Waals surface area contributed by atoms with Crippen molar-refractivity contribution in [1.29, 1.82) is 0 Å². The van der Waals surface area contributed by atoms with E-state index in [1.165, 1.54) is 5.56 Å². The Labute approximate surface area is 172 Å². The van der Waals surface area contributed by atoms with E-state index in [1.54, 1.807) is 0 Å². The van der Waals surface area contributed by atoms with Gasteiger partial charge in [0, 0.05) is 17.0 Å². The molecule has 0 fully saturated rings. The number of nitrogens with one attached hydrogen (secondary N) is 1. The Morgan fingerprint density at radius 3 is 2.56 bits per heavy atom. The smallest absolute Gasteiger partial charge is 0.129 e. The van der Waals surface area contributed by atoms with Crippen LogP contribution in [0.15, 0.2) is 76.2 Å². The number of nitrogens with zero attached hydrogens (tertiary/aromatic N) is 1. The van der Waals surface area contributed by atoms with Crippen LogP contribution in [0.1, 0.15) is 17.5 Å². The largest absolute Gasteiger partial charge is 0.457 e. The van der Waals surface area contributed by atoms with Gasteiger partial charge in [-0.25, -0.2) is 0 Å². The number of aryl methyl sites for hydroxylation is 1. The molecule has 0 atom stereocenters. The van der Waals surface area contributed by atoms with Crippen LogP contribution in [0.3, 0.4) is 0 Å². The average Bonchev–Trinajstić information content (AvgIpc) is 2.80. The maximum absolute atomic E-state index is 5.99. The van der Waals surface area contributed by atoms with Gasteiger partial charge in [0.25, 0.3) is 0 Å². The molecule has 3 aromatic carbocycles. The second kappa shape index (κ2) is 7.62. The zero-order chi connectivity index (χ0) is 18.8. The molecule has 0 unspecified atom stereocenters. The topological polar surface area (TPSA) is 33.6 Å². The molecular formula is C22H17BrN2OS. The van der Waals surface area contributed by atoms with Gasteiger partial charge in [0.2, 0.25) is 0 Å². The Morgan fingerprint density at radius 2 is 1.78 bits per heavy atom. The van der Waals surface area contributed by atoms with E-state index < -0.39 is 0 Å². The molecule has 1 aliphatic heterocycles. The van der Waals surface area contributed by atoms with Gasteiger partial charge in [-0.2, -0.15) is 0 Å². The lowest BCUT2D eigenvalue weighted by Gasteiger charge is -2.10. The highest BCUT2D eigenvalue weighted by molar-refractivity contribution is 9.10. The predicted molar refractivity (Wildman–Crippen MR) is 119 cm³/mol. The van der Waals surface area contributed by atoms with E-state index in [-0.39, 0.29) is 0 Å². The number of fused-ring (bicyclic) bond motifs is 1. The number of thiocarbonyl (C=S) groups is 1. The monoisotopic (exact) mass is 436 g/mol. The molecule has 1 N–H and O–H groups in total. The number of aliphatic imine (C=N–C) groups is 1. The molecule has 0 spiro atoms. The normalized spacial score (nSPS) is 13.3. The zero-order valence-electron chi connectivity index (χ0n) is 14.7. The van der Waals surface area contributed by atoms with Crippen LogP contribution in [0.25, 0.3) is 0 Å². The van der Waals surface area contributed by atoms with Crippen molar-refractivity contribution in [2.24, 2.45) is 4.99 Å². The van der Waals surface area contributed by atoms with Crippen molar-refractivity contribution >= 4 is 50.2 Å². The number of rotatable bonds is 3. The molecule has 0 saturated carbocycles. The van der Waals surface area contributed by atoms with E-state index in [2.05, 4.69) is 52.4 Å². The number of benzene rings is 3. The highest BCUT2D eigenvalue weighted by Gasteiger charge is 2.16. The van der Waals surface area contributed by atoms with Crippen LogP contribution in [0.4, 0.5) is 11.4 Å². The van der Waals surface area contributed by atoms with Gasteiger partial charge < -0.3 is 10.1 Å². The molecular weight excluding hydrogens is 420 g/mol. The van der Waals surface area contributed by atoms with Crippen molar-refractivity contribution in [2.45, 2.75) is 13.3 Å². The van der Waals surface area contributed by atoms with E-state index >= 15 is 0 Å². The highest BCUT2D eigenvalue weighted by Crippen LogP contribution is 2.35. The number of anilines is 1. The maximum atomic E-state index is 5.99. The van der Waals surface area contributed by atoms with Gasteiger partial charge in [0.1, 0.15) is 11.5 Å². The lowest BCUT2D eigenvalue weighted by atomic mass is 10.1. The first-order valence-corrected chi connectivity index (χ1v) is 9.79. The minimum atomic E-state index is 0.606. The van der Waals surface area contributed by atoms with Crippen LogP contribution >= 0.6 is 28.1 Å². The molecule has 3 nitrogen and oxygen atoms in total. The Bertz CT molecular complexity index is 1040. The lowest BCUT2D eigenvalue weighted by molar-refractivity contribution is 0.482. The van der Waals surface area contributed by atoms with Crippen molar-refractivity contribution in [3.63, 3.8) is 0 Å². The average molecular weight is 437 g/mol. The van der Waals surface area contributed by atoms with E-state index in [0.29, 0.717) is 6.42 Å². The number of halogens is 1. The van der Waals surface area contributed by atoms with Crippen molar-refractivity contribution in [2.75, 3.05) is 5.32 Å². The Morgan fingerprint density at radius 1 is 1.00 bits per heavy atom. The van der Waals surface area contributed by atoms with Crippen molar-refractivity contribution in [1.82, 2.24) is 0 Å². The van der Waals surface area contributed by atoms with Gasteiger partial charge in [0.15, 0.2) is 0 Å². The fourth-order valence-electron chi connectivity index (χ4n) is 2.88. The van der Waals surface area contributed by atoms with Crippen LogP contribution in [0, 0.1) is 6.92 Å². The summed E-state index contributed by atoms with van der Waals surface area (Å²) >= 11 is 8.96. The van der Waals surface area contributed by atoms with Crippen molar-refractivity contribution in [3.05, 3.63) is 82.3 Å². The molecule has 5 heteroatoms. The summed E-state index contributed by atoms with van der Waals surface area (Å²) < 4.78 is 6.96. The third kappa shape index (κ3) is 4.26. The quantitative estimate of drug-likeness (QED) is 0.457. The summed E-state index contributed by atoms with van der Waals surface area (Å²) in [7, 11) is 0. The number of hydrogen-bond acceptors (Lipinski definition) is 3. The molecule has 134 valence electrons. The van der Waals surface area contributed by atoms with Crippen LogP contribution < -0.4 is 10.1 Å². The first-order chi connectivity index (χ1) is 13.1. The summed E-state index contributed by atoms with van der Waals surface area (Å²) in [6.45, 7) is 2.08. The fourth-order valence-corrected chi connectivity index (χ4v) is 3.51. The first kappa shape index (κ1) is 17.9. The minimum Gasteiger partial charge on any atom is -0.457 e. The molecule has 0 bridgehead atoms. The molecule has 0 amide bonds. The van der Waals surface area contributed by atoms with Gasteiger partial charge in [-0.05, 0) is 42.8 Å². The van der Waals surface area contributed by atoms with Gasteiger partial charge in [0.05, 0.1) is 22.1 Å². The second-order valence-corrected chi connectivity index (χ2v) is 7.80. The lowest BCUT2D eigenvalue weighted by Crippen LogP contribution is -2.12. The third-order valence-corrected chi connectivity index (χ3v) is 4.98. The molecule has 3 aromatic rings. The first-order valence-electron chi connectivity index (χ1n) is 8.59. The summed E-state index contributed by atoms with van der Waals surface area (Å²) in [5.41, 5.74) is 4.96.